The summed E-state index contributed by atoms with van der Waals surface area (Å²) in [5.74, 6) is -1.82. The monoisotopic (exact) mass is 323 g/mol. The molecular weight excluding hydrogens is 312 g/mol. The first-order chi connectivity index (χ1) is 8.45. The maximum Gasteiger partial charge on any atom is 0.331 e. The van der Waals surface area contributed by atoms with E-state index in [0.717, 1.165) is 12.1 Å². The number of methoxy groups -OCH3 is 1. The Balaban J connectivity index is 2.64. The molecule has 2 N–H and O–H groups in total. The fourth-order valence-corrected chi connectivity index (χ4v) is 1.56. The molecule has 0 heterocycles. The number of carbonyl (C=O) groups excluding carboxylic acids is 1. The number of rotatable bonds is 5. The van der Waals surface area contributed by atoms with Gasteiger partial charge in [0.1, 0.15) is 18.2 Å². The molecule has 0 fully saturated rings. The maximum absolute atomic E-state index is 13.5. The smallest absolute Gasteiger partial charge is 0.331 e. The highest BCUT2D eigenvalue weighted by molar-refractivity contribution is 9.10. The normalized spacial score (nSPS) is 12.3. The Labute approximate surface area is 111 Å². The van der Waals surface area contributed by atoms with Gasteiger partial charge in [0.05, 0.1) is 24.2 Å². The summed E-state index contributed by atoms with van der Waals surface area (Å²) in [6, 6.07) is 1.12. The van der Waals surface area contributed by atoms with Crippen LogP contribution in [0.1, 0.15) is 11.6 Å². The van der Waals surface area contributed by atoms with Gasteiger partial charge in [-0.25, -0.2) is 13.6 Å². The summed E-state index contributed by atoms with van der Waals surface area (Å²) in [5, 5.41) is 0. The van der Waals surface area contributed by atoms with Gasteiger partial charge >= 0.3 is 5.97 Å². The Morgan fingerprint density at radius 2 is 2.11 bits per heavy atom. The quantitative estimate of drug-likeness (QED) is 0.664. The number of nitrogens with two attached hydrogens (primary N) is 1. The molecule has 1 unspecified atom stereocenters. The van der Waals surface area contributed by atoms with Crippen LogP contribution in [0.3, 0.4) is 0 Å². The SMILES string of the molecule is COC(=O)COCC(N)c1cc(F)c(Br)cc1F. The van der Waals surface area contributed by atoms with Gasteiger partial charge in [-0.15, -0.1) is 0 Å². The molecule has 0 spiro atoms. The van der Waals surface area contributed by atoms with Crippen LogP contribution in [0.4, 0.5) is 8.78 Å². The van der Waals surface area contributed by atoms with E-state index in [1.54, 1.807) is 0 Å². The zero-order valence-corrected chi connectivity index (χ0v) is 11.2. The minimum atomic E-state index is -0.864. The lowest BCUT2D eigenvalue weighted by atomic mass is 10.1. The largest absolute Gasteiger partial charge is 0.467 e. The Hall–Kier alpha value is -1.05. The fourth-order valence-electron chi connectivity index (χ4n) is 1.24. The topological polar surface area (TPSA) is 61.5 Å². The van der Waals surface area contributed by atoms with Crippen molar-refractivity contribution < 1.29 is 23.0 Å². The second-order valence-corrected chi connectivity index (χ2v) is 4.34. The van der Waals surface area contributed by atoms with E-state index in [2.05, 4.69) is 20.7 Å². The van der Waals surface area contributed by atoms with Gasteiger partial charge in [-0.1, -0.05) is 0 Å². The molecular formula is C11H12BrF2NO3. The molecule has 0 aliphatic rings. The molecule has 1 aromatic carbocycles. The summed E-state index contributed by atoms with van der Waals surface area (Å²) in [6.45, 7) is -0.405. The molecule has 18 heavy (non-hydrogen) atoms. The molecule has 100 valence electrons. The molecule has 1 rings (SSSR count). The Kier molecular flexibility index (Phi) is 5.64. The molecule has 0 aliphatic carbocycles. The lowest BCUT2D eigenvalue weighted by molar-refractivity contribution is -0.146. The van der Waals surface area contributed by atoms with Crippen molar-refractivity contribution in [3.8, 4) is 0 Å². The third-order valence-corrected chi connectivity index (χ3v) is 2.79. The zero-order valence-electron chi connectivity index (χ0n) is 9.58. The lowest BCUT2D eigenvalue weighted by Gasteiger charge is -2.13. The van der Waals surface area contributed by atoms with Gasteiger partial charge in [0.15, 0.2) is 0 Å². The highest BCUT2D eigenvalue weighted by atomic mass is 79.9. The predicted octanol–water partition coefficient (Wildman–Crippen LogP) is 1.92. The van der Waals surface area contributed by atoms with Gasteiger partial charge in [-0.3, -0.25) is 0 Å². The maximum atomic E-state index is 13.5. The lowest BCUT2D eigenvalue weighted by Crippen LogP contribution is -2.21. The van der Waals surface area contributed by atoms with Gasteiger partial charge in [-0.05, 0) is 28.1 Å². The third-order valence-electron chi connectivity index (χ3n) is 2.18. The highest BCUT2D eigenvalue weighted by Crippen LogP contribution is 2.23. The molecule has 1 aromatic rings. The number of hydrogen-bond acceptors (Lipinski definition) is 4. The van der Waals surface area contributed by atoms with Crippen molar-refractivity contribution in [3.05, 3.63) is 33.8 Å². The first-order valence-electron chi connectivity index (χ1n) is 5.00. The summed E-state index contributed by atoms with van der Waals surface area (Å²) in [7, 11) is 1.22. The minimum Gasteiger partial charge on any atom is -0.467 e. The number of hydrogen-bond donors (Lipinski definition) is 1. The van der Waals surface area contributed by atoms with Gasteiger partial charge in [0.2, 0.25) is 0 Å². The zero-order chi connectivity index (χ0) is 13.7. The molecule has 7 heteroatoms. The summed E-state index contributed by atoms with van der Waals surface area (Å²) in [5.41, 5.74) is 5.63. The predicted molar refractivity (Wildman–Crippen MR) is 63.8 cm³/mol. The van der Waals surface area contributed by atoms with Crippen molar-refractivity contribution in [1.29, 1.82) is 0 Å². The van der Waals surface area contributed by atoms with Gasteiger partial charge in [0.25, 0.3) is 0 Å². The van der Waals surface area contributed by atoms with Crippen LogP contribution in [0.5, 0.6) is 0 Å². The average Bonchev–Trinajstić information content (AvgIpc) is 2.33. The first kappa shape index (κ1) is 15.0. The van der Waals surface area contributed by atoms with Crippen molar-refractivity contribution in [2.45, 2.75) is 6.04 Å². The summed E-state index contributed by atoms with van der Waals surface area (Å²) < 4.78 is 36.0. The minimum absolute atomic E-state index is 0.0134. The van der Waals surface area contributed by atoms with Crippen LogP contribution in [-0.4, -0.2) is 26.3 Å². The summed E-state index contributed by atoms with van der Waals surface area (Å²) in [4.78, 5) is 10.8. The van der Waals surface area contributed by atoms with Crippen LogP contribution in [0.2, 0.25) is 0 Å². The molecule has 0 saturated carbocycles. The molecule has 0 saturated heterocycles. The van der Waals surface area contributed by atoms with Crippen molar-refractivity contribution in [2.24, 2.45) is 5.73 Å². The highest BCUT2D eigenvalue weighted by Gasteiger charge is 2.15. The van der Waals surface area contributed by atoms with Crippen LogP contribution >= 0.6 is 15.9 Å². The Morgan fingerprint density at radius 3 is 2.72 bits per heavy atom. The number of carbonyl (C=O) groups is 1. The van der Waals surface area contributed by atoms with E-state index in [4.69, 9.17) is 10.5 Å². The standard InChI is InChI=1S/C11H12BrF2NO3/c1-17-11(16)5-18-4-10(15)6-2-9(14)7(12)3-8(6)13/h2-3,10H,4-5,15H2,1H3. The van der Waals surface area contributed by atoms with E-state index in [-0.39, 0.29) is 23.2 Å². The van der Waals surface area contributed by atoms with E-state index in [1.807, 2.05) is 0 Å². The van der Waals surface area contributed by atoms with E-state index in [9.17, 15) is 13.6 Å². The van der Waals surface area contributed by atoms with Crippen LogP contribution in [0.25, 0.3) is 0 Å². The average molecular weight is 324 g/mol. The molecule has 0 aliphatic heterocycles. The second kappa shape index (κ2) is 6.77. The van der Waals surface area contributed by atoms with Crippen molar-refractivity contribution >= 4 is 21.9 Å². The third kappa shape index (κ3) is 4.01. The van der Waals surface area contributed by atoms with Crippen molar-refractivity contribution in [3.63, 3.8) is 0 Å². The molecule has 0 radical (unpaired) electrons. The Bertz CT molecular complexity index is 443. The van der Waals surface area contributed by atoms with Crippen LogP contribution in [0, 0.1) is 11.6 Å². The van der Waals surface area contributed by atoms with Crippen molar-refractivity contribution in [1.82, 2.24) is 0 Å². The molecule has 1 atom stereocenters. The number of esters is 1. The number of halogens is 3. The molecule has 0 amide bonds. The van der Waals surface area contributed by atoms with Crippen LogP contribution in [-0.2, 0) is 14.3 Å². The number of benzene rings is 1. The van der Waals surface area contributed by atoms with Crippen molar-refractivity contribution in [2.75, 3.05) is 20.3 Å². The van der Waals surface area contributed by atoms with Crippen LogP contribution in [0.15, 0.2) is 16.6 Å². The van der Waals surface area contributed by atoms with E-state index in [1.165, 1.54) is 7.11 Å². The van der Waals surface area contributed by atoms with Gasteiger partial charge in [0, 0.05) is 5.56 Å². The van der Waals surface area contributed by atoms with E-state index >= 15 is 0 Å². The van der Waals surface area contributed by atoms with E-state index < -0.39 is 23.6 Å². The summed E-state index contributed by atoms with van der Waals surface area (Å²) in [6.07, 6.45) is 0. The van der Waals surface area contributed by atoms with E-state index in [0.29, 0.717) is 0 Å². The second-order valence-electron chi connectivity index (χ2n) is 3.49. The van der Waals surface area contributed by atoms with Crippen LogP contribution < -0.4 is 5.73 Å². The Morgan fingerprint density at radius 1 is 1.44 bits per heavy atom. The first-order valence-corrected chi connectivity index (χ1v) is 5.79. The summed E-state index contributed by atoms with van der Waals surface area (Å²) >= 11 is 2.86. The molecule has 0 aromatic heterocycles. The molecule has 0 bridgehead atoms. The fraction of sp³-hybridized carbons (Fsp3) is 0.364. The number of ether oxygens (including phenoxy) is 2. The van der Waals surface area contributed by atoms with Gasteiger partial charge < -0.3 is 15.2 Å². The molecule has 4 nitrogen and oxygen atoms in total. The van der Waals surface area contributed by atoms with Gasteiger partial charge in [-0.2, -0.15) is 0 Å².